The van der Waals surface area contributed by atoms with Crippen molar-refractivity contribution in [3.8, 4) is 0 Å². The first kappa shape index (κ1) is 11.4. The molecule has 1 spiro atoms. The van der Waals surface area contributed by atoms with Gasteiger partial charge in [0.2, 0.25) is 0 Å². The smallest absolute Gasteiger partial charge is 0.346 e. The molecule has 2 aliphatic rings. The highest BCUT2D eigenvalue weighted by atomic mass is 16.2. The van der Waals surface area contributed by atoms with Gasteiger partial charge in [0.05, 0.1) is 0 Å². The summed E-state index contributed by atoms with van der Waals surface area (Å²) in [4.78, 5) is 17.7. The number of carbonyl (C=O) groups is 1. The van der Waals surface area contributed by atoms with E-state index in [0.717, 1.165) is 19.3 Å². The molecule has 1 aliphatic heterocycles. The van der Waals surface area contributed by atoms with Crippen molar-refractivity contribution < 1.29 is 4.79 Å². The molecule has 0 bridgehead atoms. The monoisotopic (exact) mass is 223 g/mol. The van der Waals surface area contributed by atoms with Crippen molar-refractivity contribution in [3.05, 3.63) is 0 Å². The number of nitrogens with two attached hydrogens (primary N) is 1. The highest BCUT2D eigenvalue weighted by Crippen LogP contribution is 2.49. The van der Waals surface area contributed by atoms with Gasteiger partial charge in [0.25, 0.3) is 0 Å². The first-order valence-electron chi connectivity index (χ1n) is 5.96. The van der Waals surface area contributed by atoms with E-state index in [1.54, 1.807) is 0 Å². The lowest BCUT2D eigenvalue weighted by atomic mass is 9.86. The van der Waals surface area contributed by atoms with E-state index in [2.05, 4.69) is 18.8 Å². The number of aliphatic imine (C=N–C) groups is 1. The fourth-order valence-corrected chi connectivity index (χ4v) is 3.22. The van der Waals surface area contributed by atoms with Crippen LogP contribution in [0.4, 0.5) is 4.79 Å². The Hall–Kier alpha value is -1.06. The quantitative estimate of drug-likeness (QED) is 0.740. The number of hydrogen-bond acceptors (Lipinski definition) is 2. The van der Waals surface area contributed by atoms with Crippen molar-refractivity contribution in [1.29, 1.82) is 0 Å². The molecule has 1 saturated carbocycles. The minimum atomic E-state index is -0.297. The van der Waals surface area contributed by atoms with Crippen molar-refractivity contribution in [2.75, 3.05) is 0 Å². The van der Waals surface area contributed by atoms with Gasteiger partial charge in [-0.25, -0.2) is 4.79 Å². The normalized spacial score (nSPS) is 32.9. The lowest BCUT2D eigenvalue weighted by Gasteiger charge is -2.38. The molecule has 0 radical (unpaired) electrons. The van der Waals surface area contributed by atoms with Gasteiger partial charge in [-0.15, -0.1) is 0 Å². The summed E-state index contributed by atoms with van der Waals surface area (Å²) in [5.41, 5.74) is 5.95. The third-order valence-electron chi connectivity index (χ3n) is 3.86. The van der Waals surface area contributed by atoms with E-state index in [9.17, 15) is 4.79 Å². The molecule has 0 aromatic carbocycles. The average Bonchev–Trinajstić information content (AvgIpc) is 2.53. The SMILES string of the molecule is CC(C)N1C(=O)N=C(N)C12CCC(C)(C)C2. The Labute approximate surface area is 96.9 Å². The third kappa shape index (κ3) is 1.43. The number of carbonyl (C=O) groups excluding carboxylic acids is 1. The van der Waals surface area contributed by atoms with Crippen molar-refractivity contribution in [2.45, 2.75) is 58.5 Å². The van der Waals surface area contributed by atoms with Gasteiger partial charge in [-0.2, -0.15) is 4.99 Å². The van der Waals surface area contributed by atoms with Gasteiger partial charge in [-0.1, -0.05) is 13.8 Å². The van der Waals surface area contributed by atoms with Crippen LogP contribution in [-0.4, -0.2) is 28.3 Å². The van der Waals surface area contributed by atoms with E-state index in [-0.39, 0.29) is 23.0 Å². The zero-order valence-corrected chi connectivity index (χ0v) is 10.6. The van der Waals surface area contributed by atoms with Gasteiger partial charge in [0.15, 0.2) is 0 Å². The second-order valence-corrected chi connectivity index (χ2v) is 6.12. The summed E-state index contributed by atoms with van der Waals surface area (Å²) in [5, 5.41) is 0. The number of nitrogens with zero attached hydrogens (tertiary/aromatic N) is 2. The highest BCUT2D eigenvalue weighted by molar-refractivity contribution is 6.06. The zero-order valence-electron chi connectivity index (χ0n) is 10.6. The van der Waals surface area contributed by atoms with Crippen LogP contribution in [0.3, 0.4) is 0 Å². The topological polar surface area (TPSA) is 58.7 Å². The van der Waals surface area contributed by atoms with Crippen LogP contribution in [0, 0.1) is 5.41 Å². The maximum atomic E-state index is 11.9. The molecule has 1 unspecified atom stereocenters. The average molecular weight is 223 g/mol. The summed E-state index contributed by atoms with van der Waals surface area (Å²) in [6.07, 6.45) is 2.97. The number of rotatable bonds is 1. The van der Waals surface area contributed by atoms with Crippen LogP contribution in [0.2, 0.25) is 0 Å². The lowest BCUT2D eigenvalue weighted by Crippen LogP contribution is -2.55. The number of amidine groups is 1. The predicted molar refractivity (Wildman–Crippen MR) is 64.4 cm³/mol. The Kier molecular flexibility index (Phi) is 2.30. The van der Waals surface area contributed by atoms with Gasteiger partial charge in [-0.05, 0) is 38.5 Å². The molecule has 1 heterocycles. The van der Waals surface area contributed by atoms with Crippen LogP contribution in [0.25, 0.3) is 0 Å². The van der Waals surface area contributed by atoms with Crippen LogP contribution in [0.1, 0.15) is 47.0 Å². The molecule has 1 aliphatic carbocycles. The first-order chi connectivity index (χ1) is 7.28. The molecule has 2 N–H and O–H groups in total. The summed E-state index contributed by atoms with van der Waals surface area (Å²) < 4.78 is 0. The van der Waals surface area contributed by atoms with Gasteiger partial charge in [0, 0.05) is 6.04 Å². The van der Waals surface area contributed by atoms with Crippen LogP contribution < -0.4 is 5.73 Å². The number of urea groups is 1. The predicted octanol–water partition coefficient (Wildman–Crippen LogP) is 2.14. The molecule has 0 aromatic rings. The van der Waals surface area contributed by atoms with Crippen molar-refractivity contribution in [1.82, 2.24) is 4.90 Å². The third-order valence-corrected chi connectivity index (χ3v) is 3.86. The summed E-state index contributed by atoms with van der Waals surface area (Å²) in [7, 11) is 0. The summed E-state index contributed by atoms with van der Waals surface area (Å²) in [5.74, 6) is 0.525. The fraction of sp³-hybridized carbons (Fsp3) is 0.833. The Morgan fingerprint density at radius 1 is 1.38 bits per heavy atom. The number of amides is 2. The number of hydrogen-bond donors (Lipinski definition) is 1. The molecule has 2 rings (SSSR count). The van der Waals surface area contributed by atoms with E-state index in [4.69, 9.17) is 5.73 Å². The van der Waals surface area contributed by atoms with E-state index in [1.165, 1.54) is 0 Å². The van der Waals surface area contributed by atoms with Crippen molar-refractivity contribution in [2.24, 2.45) is 16.1 Å². The molecule has 90 valence electrons. The highest BCUT2D eigenvalue weighted by Gasteiger charge is 2.55. The molecule has 0 saturated heterocycles. The van der Waals surface area contributed by atoms with Crippen LogP contribution in [0.5, 0.6) is 0 Å². The molecule has 2 amide bonds. The van der Waals surface area contributed by atoms with Gasteiger partial charge in [-0.3, -0.25) is 0 Å². The maximum Gasteiger partial charge on any atom is 0.346 e. The largest absolute Gasteiger partial charge is 0.385 e. The van der Waals surface area contributed by atoms with E-state index in [1.807, 2.05) is 18.7 Å². The molecule has 1 atom stereocenters. The lowest BCUT2D eigenvalue weighted by molar-refractivity contribution is 0.142. The standard InChI is InChI=1S/C12H21N3O/c1-8(2)15-10(16)14-9(13)12(15)6-5-11(3,4)7-12/h8H,5-7H2,1-4H3,(H2,13,14,16). The Balaban J connectivity index is 2.39. The molecule has 16 heavy (non-hydrogen) atoms. The van der Waals surface area contributed by atoms with Crippen LogP contribution in [0.15, 0.2) is 4.99 Å². The Morgan fingerprint density at radius 3 is 2.44 bits per heavy atom. The minimum Gasteiger partial charge on any atom is -0.385 e. The maximum absolute atomic E-state index is 11.9. The zero-order chi connectivity index (χ0) is 12.1. The second kappa shape index (κ2) is 3.22. The summed E-state index contributed by atoms with van der Waals surface area (Å²) in [6, 6.07) is -0.00333. The fourth-order valence-electron chi connectivity index (χ4n) is 3.22. The molecule has 0 aromatic heterocycles. The van der Waals surface area contributed by atoms with Crippen molar-refractivity contribution in [3.63, 3.8) is 0 Å². The molecular weight excluding hydrogens is 202 g/mol. The summed E-state index contributed by atoms with van der Waals surface area (Å²) in [6.45, 7) is 8.52. The van der Waals surface area contributed by atoms with E-state index < -0.39 is 0 Å². The van der Waals surface area contributed by atoms with E-state index in [0.29, 0.717) is 5.84 Å². The second-order valence-electron chi connectivity index (χ2n) is 6.12. The molecule has 4 heteroatoms. The minimum absolute atomic E-state index is 0.159. The van der Waals surface area contributed by atoms with Crippen LogP contribution >= 0.6 is 0 Å². The molecule has 4 nitrogen and oxygen atoms in total. The van der Waals surface area contributed by atoms with Crippen molar-refractivity contribution >= 4 is 11.9 Å². The van der Waals surface area contributed by atoms with Gasteiger partial charge < -0.3 is 10.6 Å². The first-order valence-corrected chi connectivity index (χ1v) is 5.96. The summed E-state index contributed by atoms with van der Waals surface area (Å²) >= 11 is 0. The van der Waals surface area contributed by atoms with E-state index >= 15 is 0 Å². The Bertz CT molecular complexity index is 359. The van der Waals surface area contributed by atoms with Crippen LogP contribution in [-0.2, 0) is 0 Å². The molecule has 1 fully saturated rings. The molecular formula is C12H21N3O. The van der Waals surface area contributed by atoms with Gasteiger partial charge >= 0.3 is 6.03 Å². The Morgan fingerprint density at radius 2 is 2.00 bits per heavy atom. The van der Waals surface area contributed by atoms with Gasteiger partial charge in [0.1, 0.15) is 11.4 Å².